The van der Waals surface area contributed by atoms with E-state index in [2.05, 4.69) is 21.0 Å². The molecule has 0 atom stereocenters. The molecule has 0 saturated heterocycles. The van der Waals surface area contributed by atoms with Crippen LogP contribution in [0.5, 0.6) is 0 Å². The Morgan fingerprint density at radius 1 is 1.47 bits per heavy atom. The third-order valence-electron chi connectivity index (χ3n) is 2.99. The van der Waals surface area contributed by atoms with Crippen LogP contribution >= 0.6 is 15.9 Å². The van der Waals surface area contributed by atoms with E-state index in [1.54, 1.807) is 18.1 Å². The largest absolute Gasteiger partial charge is 0.340 e. The van der Waals surface area contributed by atoms with Gasteiger partial charge in [-0.25, -0.2) is 0 Å². The number of amides is 1. The molecule has 100 valence electrons. The first-order valence-corrected chi connectivity index (χ1v) is 6.86. The highest BCUT2D eigenvalue weighted by atomic mass is 79.9. The number of rotatable bonds is 4. The number of hydrogen-bond acceptors (Lipinski definition) is 2. The Bertz CT molecular complexity index is 566. The third-order valence-corrected chi connectivity index (χ3v) is 3.84. The first-order valence-electron chi connectivity index (χ1n) is 6.07. The lowest BCUT2D eigenvalue weighted by Gasteiger charge is -2.17. The van der Waals surface area contributed by atoms with Gasteiger partial charge in [-0.05, 0) is 30.7 Å². The Morgan fingerprint density at radius 3 is 2.89 bits per heavy atom. The van der Waals surface area contributed by atoms with E-state index in [-0.39, 0.29) is 5.91 Å². The summed E-state index contributed by atoms with van der Waals surface area (Å²) in [5, 5.41) is 4.12. The normalized spacial score (nSPS) is 10.5. The Hall–Kier alpha value is -1.62. The molecule has 0 aliphatic carbocycles. The predicted octanol–water partition coefficient (Wildman–Crippen LogP) is 2.73. The van der Waals surface area contributed by atoms with Crippen molar-refractivity contribution in [1.29, 1.82) is 0 Å². The van der Waals surface area contributed by atoms with E-state index >= 15 is 0 Å². The monoisotopic (exact) mass is 321 g/mol. The predicted molar refractivity (Wildman–Crippen MR) is 78.1 cm³/mol. The van der Waals surface area contributed by atoms with Gasteiger partial charge in [-0.1, -0.05) is 22.0 Å². The van der Waals surface area contributed by atoms with Gasteiger partial charge in [-0.2, -0.15) is 5.10 Å². The molecular formula is C14H16BrN3O. The number of carbonyl (C=O) groups is 1. The lowest BCUT2D eigenvalue weighted by Crippen LogP contribution is -2.30. The van der Waals surface area contributed by atoms with Crippen molar-refractivity contribution in [1.82, 2.24) is 14.7 Å². The molecule has 0 aliphatic heterocycles. The molecule has 0 saturated carbocycles. The van der Waals surface area contributed by atoms with Crippen LogP contribution < -0.4 is 0 Å². The average molecular weight is 322 g/mol. The summed E-state index contributed by atoms with van der Waals surface area (Å²) < 4.78 is 2.77. The molecule has 2 aromatic rings. The molecule has 0 spiro atoms. The smallest absolute Gasteiger partial charge is 0.253 e. The SMILES string of the molecule is Cc1ccc(C(=O)N(C)CCn2cccn2)cc1Br. The molecule has 0 radical (unpaired) electrons. The summed E-state index contributed by atoms with van der Waals surface area (Å²) in [6.45, 7) is 3.33. The Morgan fingerprint density at radius 2 is 2.26 bits per heavy atom. The zero-order valence-corrected chi connectivity index (χ0v) is 12.6. The summed E-state index contributed by atoms with van der Waals surface area (Å²) in [6.07, 6.45) is 3.62. The fourth-order valence-corrected chi connectivity index (χ4v) is 2.11. The molecule has 1 aromatic carbocycles. The first kappa shape index (κ1) is 13.8. The van der Waals surface area contributed by atoms with Gasteiger partial charge in [0.25, 0.3) is 5.91 Å². The second-order valence-corrected chi connectivity index (χ2v) is 5.31. The Balaban J connectivity index is 2.00. The number of likely N-dealkylation sites (N-methyl/N-ethyl adjacent to an activating group) is 1. The fourth-order valence-electron chi connectivity index (χ4n) is 1.73. The van der Waals surface area contributed by atoms with E-state index in [0.29, 0.717) is 18.7 Å². The van der Waals surface area contributed by atoms with Crippen molar-refractivity contribution in [2.75, 3.05) is 13.6 Å². The summed E-state index contributed by atoms with van der Waals surface area (Å²) >= 11 is 3.45. The average Bonchev–Trinajstić information content (AvgIpc) is 2.91. The van der Waals surface area contributed by atoms with Crippen molar-refractivity contribution < 1.29 is 4.79 Å². The van der Waals surface area contributed by atoms with Crippen LogP contribution in [0.15, 0.2) is 41.1 Å². The molecule has 4 nitrogen and oxygen atoms in total. The zero-order valence-electron chi connectivity index (χ0n) is 11.0. The number of nitrogens with zero attached hydrogens (tertiary/aromatic N) is 3. The summed E-state index contributed by atoms with van der Waals surface area (Å²) in [4.78, 5) is 14.0. The van der Waals surface area contributed by atoms with Crippen molar-refractivity contribution >= 4 is 21.8 Å². The van der Waals surface area contributed by atoms with Crippen LogP contribution in [0, 0.1) is 6.92 Å². The number of aromatic nitrogens is 2. The van der Waals surface area contributed by atoms with E-state index in [0.717, 1.165) is 10.0 Å². The second-order valence-electron chi connectivity index (χ2n) is 4.46. The van der Waals surface area contributed by atoms with Gasteiger partial charge in [0.05, 0.1) is 6.54 Å². The van der Waals surface area contributed by atoms with Gasteiger partial charge in [0.1, 0.15) is 0 Å². The van der Waals surface area contributed by atoms with Crippen molar-refractivity contribution in [2.45, 2.75) is 13.5 Å². The lowest BCUT2D eigenvalue weighted by atomic mass is 10.1. The maximum absolute atomic E-state index is 12.2. The third kappa shape index (κ3) is 3.44. The van der Waals surface area contributed by atoms with Gasteiger partial charge in [0, 0.05) is 36.0 Å². The van der Waals surface area contributed by atoms with E-state index < -0.39 is 0 Å². The van der Waals surface area contributed by atoms with E-state index in [4.69, 9.17) is 0 Å². The minimum Gasteiger partial charge on any atom is -0.340 e. The maximum atomic E-state index is 12.2. The fraction of sp³-hybridized carbons (Fsp3) is 0.286. The Kier molecular flexibility index (Phi) is 4.37. The van der Waals surface area contributed by atoms with Gasteiger partial charge >= 0.3 is 0 Å². The number of benzene rings is 1. The minimum absolute atomic E-state index is 0.0212. The molecule has 0 aliphatic rings. The van der Waals surface area contributed by atoms with Crippen LogP contribution in [-0.2, 0) is 6.54 Å². The van der Waals surface area contributed by atoms with Gasteiger partial charge in [0.15, 0.2) is 0 Å². The molecule has 0 N–H and O–H groups in total. The lowest BCUT2D eigenvalue weighted by molar-refractivity contribution is 0.0789. The number of hydrogen-bond donors (Lipinski definition) is 0. The summed E-state index contributed by atoms with van der Waals surface area (Å²) in [5.74, 6) is 0.0212. The summed E-state index contributed by atoms with van der Waals surface area (Å²) in [7, 11) is 1.81. The minimum atomic E-state index is 0.0212. The van der Waals surface area contributed by atoms with Crippen LogP contribution in [0.4, 0.5) is 0 Å². The van der Waals surface area contributed by atoms with E-state index in [1.165, 1.54) is 0 Å². The molecule has 19 heavy (non-hydrogen) atoms. The van der Waals surface area contributed by atoms with Gasteiger partial charge in [0.2, 0.25) is 0 Å². The zero-order chi connectivity index (χ0) is 13.8. The molecular weight excluding hydrogens is 306 g/mol. The highest BCUT2D eigenvalue weighted by Crippen LogP contribution is 2.18. The molecule has 1 amide bonds. The topological polar surface area (TPSA) is 38.1 Å². The van der Waals surface area contributed by atoms with Gasteiger partial charge < -0.3 is 4.90 Å². The van der Waals surface area contributed by atoms with Crippen molar-refractivity contribution in [3.05, 3.63) is 52.3 Å². The highest BCUT2D eigenvalue weighted by Gasteiger charge is 2.12. The molecule has 1 heterocycles. The highest BCUT2D eigenvalue weighted by molar-refractivity contribution is 9.10. The van der Waals surface area contributed by atoms with Crippen LogP contribution in [0.25, 0.3) is 0 Å². The maximum Gasteiger partial charge on any atom is 0.253 e. The van der Waals surface area contributed by atoms with Gasteiger partial charge in [-0.15, -0.1) is 0 Å². The summed E-state index contributed by atoms with van der Waals surface area (Å²) in [5.41, 5.74) is 1.82. The molecule has 0 bridgehead atoms. The van der Waals surface area contributed by atoms with E-state index in [1.807, 2.05) is 42.1 Å². The number of aryl methyl sites for hydroxylation is 1. The molecule has 1 aromatic heterocycles. The van der Waals surface area contributed by atoms with Crippen LogP contribution in [-0.4, -0.2) is 34.2 Å². The van der Waals surface area contributed by atoms with Crippen LogP contribution in [0.2, 0.25) is 0 Å². The Labute approximate surface area is 121 Å². The van der Waals surface area contributed by atoms with Crippen LogP contribution in [0.3, 0.4) is 0 Å². The molecule has 0 fully saturated rings. The molecule has 0 unspecified atom stereocenters. The summed E-state index contributed by atoms with van der Waals surface area (Å²) in [6, 6.07) is 7.53. The number of halogens is 1. The van der Waals surface area contributed by atoms with Crippen molar-refractivity contribution in [2.24, 2.45) is 0 Å². The molecule has 5 heteroatoms. The first-order chi connectivity index (χ1) is 9.08. The molecule has 2 rings (SSSR count). The quantitative estimate of drug-likeness (QED) is 0.868. The van der Waals surface area contributed by atoms with Crippen LogP contribution in [0.1, 0.15) is 15.9 Å². The number of carbonyl (C=O) groups excluding carboxylic acids is 1. The van der Waals surface area contributed by atoms with Crippen molar-refractivity contribution in [3.63, 3.8) is 0 Å². The second kappa shape index (κ2) is 6.02. The standard InChI is InChI=1S/C14H16BrN3O/c1-11-4-5-12(10-13(11)15)14(19)17(2)8-9-18-7-3-6-16-18/h3-7,10H,8-9H2,1-2H3. The van der Waals surface area contributed by atoms with E-state index in [9.17, 15) is 4.79 Å². The van der Waals surface area contributed by atoms with Crippen molar-refractivity contribution in [3.8, 4) is 0 Å². The van der Waals surface area contributed by atoms with Gasteiger partial charge in [-0.3, -0.25) is 9.48 Å².